The molecule has 0 amide bonds. The van der Waals surface area contributed by atoms with Crippen molar-refractivity contribution < 1.29 is 0 Å². The number of nitrogens with two attached hydrogens (primary N) is 1. The molecule has 37 heavy (non-hydrogen) atoms. The summed E-state index contributed by atoms with van der Waals surface area (Å²) in [5.41, 5.74) is 10.3. The van der Waals surface area contributed by atoms with Gasteiger partial charge in [0.1, 0.15) is 5.82 Å². The fourth-order valence-corrected chi connectivity index (χ4v) is 4.58. The van der Waals surface area contributed by atoms with E-state index in [1.165, 1.54) is 0 Å². The van der Waals surface area contributed by atoms with Gasteiger partial charge in [-0.1, -0.05) is 13.8 Å². The molecule has 4 rings (SSSR count). The van der Waals surface area contributed by atoms with Gasteiger partial charge in [0.2, 0.25) is 0 Å². The number of anilines is 2. The van der Waals surface area contributed by atoms with E-state index in [2.05, 4.69) is 70.0 Å². The highest BCUT2D eigenvalue weighted by molar-refractivity contribution is 6.10. The van der Waals surface area contributed by atoms with Crippen molar-refractivity contribution in [3.63, 3.8) is 0 Å². The van der Waals surface area contributed by atoms with Crippen LogP contribution in [0.15, 0.2) is 47.9 Å². The van der Waals surface area contributed by atoms with E-state index < -0.39 is 0 Å². The van der Waals surface area contributed by atoms with Gasteiger partial charge in [0, 0.05) is 68.0 Å². The summed E-state index contributed by atoms with van der Waals surface area (Å²) in [6.45, 7) is 12.9. The fourth-order valence-electron chi connectivity index (χ4n) is 4.58. The molecule has 3 aromatic rings. The number of nitrogens with one attached hydrogen (secondary N) is 1. The van der Waals surface area contributed by atoms with Crippen LogP contribution in [-0.4, -0.2) is 81.5 Å². The van der Waals surface area contributed by atoms with Crippen LogP contribution in [0, 0.1) is 0 Å². The molecule has 0 aliphatic carbocycles. The normalized spacial score (nSPS) is 19.8. The number of aromatic nitrogens is 4. The summed E-state index contributed by atoms with van der Waals surface area (Å²) in [4.78, 5) is 19.0. The number of hydrogen-bond acceptors (Lipinski definition) is 9. The Labute approximate surface area is 219 Å². The van der Waals surface area contributed by atoms with Crippen LogP contribution >= 0.6 is 0 Å². The lowest BCUT2D eigenvalue weighted by atomic mass is 10.1. The minimum Gasteiger partial charge on any atom is -0.404 e. The molecule has 1 fully saturated rings. The first-order valence-electron chi connectivity index (χ1n) is 13.1. The molecule has 1 aliphatic rings. The van der Waals surface area contributed by atoms with Crippen molar-refractivity contribution in [2.45, 2.75) is 52.1 Å². The van der Waals surface area contributed by atoms with E-state index in [0.29, 0.717) is 29.6 Å². The van der Waals surface area contributed by atoms with Crippen LogP contribution in [0.3, 0.4) is 0 Å². The Bertz CT molecular complexity index is 1240. The molecule has 4 heterocycles. The Morgan fingerprint density at radius 2 is 1.92 bits per heavy atom. The standard InChI is InChI=1S/C28H39N9/c1-19(2)22-12-28(35-32-16-22)34-27-8-7-25-26(33-27)11-23(15-31-25)24(13-29)14-30-9-6-10-37-17-20(3)36(5)21(4)18-37/h7-8,11-16,19-21H,6,9-10,17-18,29H2,1-5H3,(H,33,34,35)/t20-,21+. The van der Waals surface area contributed by atoms with Crippen molar-refractivity contribution in [3.05, 3.63) is 54.0 Å². The number of fused-ring (bicyclic) bond motifs is 1. The van der Waals surface area contributed by atoms with Crippen LogP contribution in [0.5, 0.6) is 0 Å². The molecular weight excluding hydrogens is 462 g/mol. The Balaban J connectivity index is 1.38. The zero-order valence-electron chi connectivity index (χ0n) is 22.6. The van der Waals surface area contributed by atoms with Gasteiger partial charge in [-0.3, -0.25) is 14.9 Å². The molecule has 0 bridgehead atoms. The highest BCUT2D eigenvalue weighted by Crippen LogP contribution is 2.22. The van der Waals surface area contributed by atoms with Gasteiger partial charge in [-0.25, -0.2) is 4.98 Å². The molecule has 0 saturated carbocycles. The molecule has 3 aromatic heterocycles. The Morgan fingerprint density at radius 1 is 1.14 bits per heavy atom. The van der Waals surface area contributed by atoms with Crippen molar-refractivity contribution in [1.82, 2.24) is 30.0 Å². The second kappa shape index (κ2) is 12.2. The fraction of sp³-hybridized carbons (Fsp3) is 0.464. The summed E-state index contributed by atoms with van der Waals surface area (Å²) in [5.74, 6) is 1.72. The van der Waals surface area contributed by atoms with E-state index in [4.69, 9.17) is 10.7 Å². The van der Waals surface area contributed by atoms with Gasteiger partial charge in [0.15, 0.2) is 5.82 Å². The summed E-state index contributed by atoms with van der Waals surface area (Å²) in [7, 11) is 2.21. The number of rotatable bonds is 9. The van der Waals surface area contributed by atoms with E-state index in [-0.39, 0.29) is 0 Å². The number of allylic oxidation sites excluding steroid dienone is 1. The Morgan fingerprint density at radius 3 is 2.65 bits per heavy atom. The number of pyridine rings is 2. The van der Waals surface area contributed by atoms with Crippen LogP contribution in [0.1, 0.15) is 51.2 Å². The summed E-state index contributed by atoms with van der Waals surface area (Å²) in [5, 5.41) is 11.5. The van der Waals surface area contributed by atoms with Crippen molar-refractivity contribution in [2.24, 2.45) is 10.7 Å². The number of hydrogen-bond donors (Lipinski definition) is 2. The van der Waals surface area contributed by atoms with Gasteiger partial charge in [0.05, 0.1) is 17.2 Å². The molecule has 0 radical (unpaired) electrons. The second-order valence-corrected chi connectivity index (χ2v) is 10.2. The lowest BCUT2D eigenvalue weighted by Crippen LogP contribution is -2.55. The topological polar surface area (TPSA) is 108 Å². The predicted molar refractivity (Wildman–Crippen MR) is 152 cm³/mol. The molecule has 9 nitrogen and oxygen atoms in total. The molecule has 2 atom stereocenters. The molecule has 1 saturated heterocycles. The summed E-state index contributed by atoms with van der Waals surface area (Å²) in [6, 6.07) is 8.98. The van der Waals surface area contributed by atoms with Crippen molar-refractivity contribution in [3.8, 4) is 0 Å². The molecule has 0 unspecified atom stereocenters. The van der Waals surface area contributed by atoms with Gasteiger partial charge >= 0.3 is 0 Å². The Kier molecular flexibility index (Phi) is 8.78. The third kappa shape index (κ3) is 6.87. The third-order valence-electron chi connectivity index (χ3n) is 7.08. The lowest BCUT2D eigenvalue weighted by Gasteiger charge is -2.42. The van der Waals surface area contributed by atoms with Crippen molar-refractivity contribution >= 4 is 34.5 Å². The van der Waals surface area contributed by atoms with E-state index >= 15 is 0 Å². The minimum absolute atomic E-state index is 0.370. The second-order valence-electron chi connectivity index (χ2n) is 10.2. The maximum absolute atomic E-state index is 5.95. The monoisotopic (exact) mass is 501 g/mol. The van der Waals surface area contributed by atoms with Gasteiger partial charge in [-0.05, 0) is 63.1 Å². The van der Waals surface area contributed by atoms with Gasteiger partial charge in [0.25, 0.3) is 0 Å². The van der Waals surface area contributed by atoms with Crippen LogP contribution in [0.4, 0.5) is 11.6 Å². The zero-order valence-corrected chi connectivity index (χ0v) is 22.6. The number of likely N-dealkylation sites (N-methyl/N-ethyl adjacent to an activating group) is 1. The molecule has 0 spiro atoms. The van der Waals surface area contributed by atoms with Gasteiger partial charge in [-0.15, -0.1) is 5.10 Å². The summed E-state index contributed by atoms with van der Waals surface area (Å²) in [6.07, 6.45) is 8.03. The predicted octanol–water partition coefficient (Wildman–Crippen LogP) is 4.07. The highest BCUT2D eigenvalue weighted by Gasteiger charge is 2.25. The molecule has 3 N–H and O–H groups in total. The SMILES string of the molecule is CC(C)c1cnnc(Nc2ccc3ncc(C(C=NCCCN4C[C@@H](C)N(C)[C@@H](C)C4)=CN)cc3n2)c1. The highest BCUT2D eigenvalue weighted by atomic mass is 15.3. The van der Waals surface area contributed by atoms with E-state index in [1.807, 2.05) is 36.7 Å². The first kappa shape index (κ1) is 26.6. The van der Waals surface area contributed by atoms with Crippen molar-refractivity contribution in [1.29, 1.82) is 0 Å². The zero-order chi connectivity index (χ0) is 26.4. The van der Waals surface area contributed by atoms with Crippen LogP contribution in [0.2, 0.25) is 0 Å². The average Bonchev–Trinajstić information content (AvgIpc) is 2.89. The molecule has 9 heteroatoms. The maximum Gasteiger partial charge on any atom is 0.154 e. The smallest absolute Gasteiger partial charge is 0.154 e. The van der Waals surface area contributed by atoms with E-state index in [1.54, 1.807) is 12.4 Å². The van der Waals surface area contributed by atoms with Crippen LogP contribution < -0.4 is 11.1 Å². The summed E-state index contributed by atoms with van der Waals surface area (Å²) < 4.78 is 0. The lowest BCUT2D eigenvalue weighted by molar-refractivity contribution is 0.0599. The average molecular weight is 502 g/mol. The minimum atomic E-state index is 0.370. The molecule has 196 valence electrons. The molecule has 0 aromatic carbocycles. The third-order valence-corrected chi connectivity index (χ3v) is 7.08. The first-order chi connectivity index (χ1) is 17.8. The van der Waals surface area contributed by atoms with Gasteiger partial charge in [-0.2, -0.15) is 5.10 Å². The van der Waals surface area contributed by atoms with Gasteiger partial charge < -0.3 is 16.0 Å². The number of piperazine rings is 1. The van der Waals surface area contributed by atoms with E-state index in [0.717, 1.165) is 60.3 Å². The Hall–Kier alpha value is -3.43. The first-order valence-corrected chi connectivity index (χ1v) is 13.1. The van der Waals surface area contributed by atoms with Crippen LogP contribution in [-0.2, 0) is 0 Å². The van der Waals surface area contributed by atoms with Crippen LogP contribution in [0.25, 0.3) is 16.6 Å². The summed E-state index contributed by atoms with van der Waals surface area (Å²) >= 11 is 0. The quantitative estimate of drug-likeness (QED) is 0.334. The van der Waals surface area contributed by atoms with E-state index in [9.17, 15) is 0 Å². The maximum atomic E-state index is 5.95. The van der Waals surface area contributed by atoms with Crippen molar-refractivity contribution in [2.75, 3.05) is 38.5 Å². The number of aliphatic imine (C=N–C) groups is 1. The largest absolute Gasteiger partial charge is 0.404 e. The number of nitrogens with zero attached hydrogens (tertiary/aromatic N) is 7. The molecular formula is C28H39N9. The molecule has 1 aliphatic heterocycles.